The van der Waals surface area contributed by atoms with Crippen LogP contribution in [-0.4, -0.2) is 60.4 Å². The summed E-state index contributed by atoms with van der Waals surface area (Å²) in [7, 11) is 0. The maximum Gasteiger partial charge on any atom is 0.389 e. The van der Waals surface area contributed by atoms with Crippen molar-refractivity contribution in [2.24, 2.45) is 5.73 Å². The average Bonchev–Trinajstić information content (AvgIpc) is 3.01. The van der Waals surface area contributed by atoms with Gasteiger partial charge in [-0.15, -0.1) is 0 Å². The van der Waals surface area contributed by atoms with Crippen LogP contribution < -0.4 is 11.1 Å². The fourth-order valence-electron chi connectivity index (χ4n) is 5.44. The van der Waals surface area contributed by atoms with Crippen molar-refractivity contribution in [3.63, 3.8) is 0 Å². The fraction of sp³-hybridized carbons (Fsp3) is 0.424. The second-order valence-corrected chi connectivity index (χ2v) is 11.3. The molecular formula is C33H35F6N3O4. The lowest BCUT2D eigenvalue weighted by molar-refractivity contribution is -0.159. The number of nitrogens with one attached hydrogen (secondary N) is 1. The number of aromatic nitrogens is 1. The van der Waals surface area contributed by atoms with Crippen LogP contribution in [0.1, 0.15) is 54.4 Å². The van der Waals surface area contributed by atoms with Crippen molar-refractivity contribution >= 4 is 11.8 Å². The van der Waals surface area contributed by atoms with Crippen molar-refractivity contribution in [2.75, 3.05) is 13.2 Å². The SMILES string of the molecule is C[C@@H]1O[C@H](CCc2c(F)cncc2CC(=O)[C@@H](N)C(c2ccc(F)cc2)c2ccc(F)cc2)CN[C@@H]1COC(=O)CCC(F)(F)F. The number of Topliss-reactive ketones (excluding diaryl/α,β-unsaturated/α-hetero) is 1. The van der Waals surface area contributed by atoms with Crippen LogP contribution in [0.5, 0.6) is 0 Å². The van der Waals surface area contributed by atoms with Gasteiger partial charge in [0.2, 0.25) is 0 Å². The number of rotatable bonds is 13. The number of ketones is 1. The smallest absolute Gasteiger partial charge is 0.389 e. The van der Waals surface area contributed by atoms with Gasteiger partial charge in [0, 0.05) is 25.1 Å². The summed E-state index contributed by atoms with van der Waals surface area (Å²) in [5.41, 5.74) is 8.20. The molecular weight excluding hydrogens is 616 g/mol. The topological polar surface area (TPSA) is 104 Å². The Kier molecular flexibility index (Phi) is 11.9. The Balaban J connectivity index is 1.38. The number of hydrogen-bond acceptors (Lipinski definition) is 7. The highest BCUT2D eigenvalue weighted by molar-refractivity contribution is 5.87. The number of alkyl halides is 3. The molecule has 13 heteroatoms. The summed E-state index contributed by atoms with van der Waals surface area (Å²) in [5.74, 6) is -3.65. The van der Waals surface area contributed by atoms with Crippen molar-refractivity contribution in [2.45, 2.75) is 75.4 Å². The van der Waals surface area contributed by atoms with Gasteiger partial charge in [-0.25, -0.2) is 13.2 Å². The van der Waals surface area contributed by atoms with Gasteiger partial charge in [0.25, 0.3) is 0 Å². The molecule has 0 spiro atoms. The number of carbonyl (C=O) groups excluding carboxylic acids is 2. The number of halogens is 6. The van der Waals surface area contributed by atoms with E-state index in [9.17, 15) is 31.5 Å². The third kappa shape index (κ3) is 9.84. The first-order chi connectivity index (χ1) is 21.8. The van der Waals surface area contributed by atoms with Gasteiger partial charge in [0.1, 0.15) is 24.1 Å². The number of pyridine rings is 1. The standard InChI is InChI=1S/C33H35F6N3O4/c1-19-28(18-45-30(44)12-13-33(37,38)39)42-16-25(46-19)10-11-26-22(15-41-17-27(26)36)14-29(43)32(40)31(20-2-6-23(34)7-3-20)21-4-8-24(35)9-5-21/h2-9,15,17,19,25,28,31-32,42H,10-14,16,18,40H2,1H3/t19-,25+,28+,32+/m0/s1. The highest BCUT2D eigenvalue weighted by atomic mass is 19.4. The summed E-state index contributed by atoms with van der Waals surface area (Å²) in [4.78, 5) is 29.1. The molecule has 1 aromatic heterocycles. The summed E-state index contributed by atoms with van der Waals surface area (Å²) in [6, 6.07) is 9.44. The van der Waals surface area contributed by atoms with Gasteiger partial charge in [-0.2, -0.15) is 13.2 Å². The molecule has 0 bridgehead atoms. The summed E-state index contributed by atoms with van der Waals surface area (Å²) in [5, 5.41) is 3.16. The largest absolute Gasteiger partial charge is 0.464 e. The molecule has 2 heterocycles. The number of morpholine rings is 1. The minimum Gasteiger partial charge on any atom is -0.464 e. The van der Waals surface area contributed by atoms with Gasteiger partial charge in [-0.05, 0) is 66.3 Å². The highest BCUT2D eigenvalue weighted by Gasteiger charge is 2.32. The molecule has 0 unspecified atom stereocenters. The van der Waals surface area contributed by atoms with Crippen LogP contribution in [0.25, 0.3) is 0 Å². The van der Waals surface area contributed by atoms with E-state index in [4.69, 9.17) is 15.2 Å². The lowest BCUT2D eigenvalue weighted by Gasteiger charge is -2.35. The predicted octanol–water partition coefficient (Wildman–Crippen LogP) is 5.33. The minimum absolute atomic E-state index is 0.160. The number of esters is 1. The van der Waals surface area contributed by atoms with E-state index in [2.05, 4.69) is 10.3 Å². The molecule has 1 saturated heterocycles. The summed E-state index contributed by atoms with van der Waals surface area (Å²) < 4.78 is 90.3. The summed E-state index contributed by atoms with van der Waals surface area (Å²) in [6.45, 7) is 1.88. The molecule has 0 aliphatic carbocycles. The molecule has 2 aromatic carbocycles. The lowest BCUT2D eigenvalue weighted by atomic mass is 9.82. The van der Waals surface area contributed by atoms with Crippen LogP contribution in [0.15, 0.2) is 60.9 Å². The molecule has 3 N–H and O–H groups in total. The van der Waals surface area contributed by atoms with Gasteiger partial charge < -0.3 is 20.5 Å². The molecule has 0 amide bonds. The Bertz CT molecular complexity index is 1420. The number of benzene rings is 2. The Hall–Kier alpha value is -3.81. The van der Waals surface area contributed by atoms with Crippen molar-refractivity contribution in [3.8, 4) is 0 Å². The van der Waals surface area contributed by atoms with Gasteiger partial charge in [-0.1, -0.05) is 24.3 Å². The molecule has 7 nitrogen and oxygen atoms in total. The van der Waals surface area contributed by atoms with E-state index < -0.39 is 72.3 Å². The van der Waals surface area contributed by atoms with Gasteiger partial charge in [0.05, 0.1) is 43.3 Å². The zero-order valence-electron chi connectivity index (χ0n) is 25.0. The van der Waals surface area contributed by atoms with E-state index in [1.165, 1.54) is 54.7 Å². The molecule has 0 radical (unpaired) electrons. The van der Waals surface area contributed by atoms with Crippen molar-refractivity contribution in [1.82, 2.24) is 10.3 Å². The fourth-order valence-corrected chi connectivity index (χ4v) is 5.44. The van der Waals surface area contributed by atoms with Crippen LogP contribution in [0.2, 0.25) is 0 Å². The monoisotopic (exact) mass is 651 g/mol. The molecule has 46 heavy (non-hydrogen) atoms. The first kappa shape index (κ1) is 35.1. The number of nitrogens with two attached hydrogens (primary N) is 1. The molecule has 1 aliphatic heterocycles. The van der Waals surface area contributed by atoms with Crippen molar-refractivity contribution < 1.29 is 45.4 Å². The Morgan fingerprint density at radius 1 is 1.02 bits per heavy atom. The minimum atomic E-state index is -4.45. The first-order valence-electron chi connectivity index (χ1n) is 14.8. The third-order valence-corrected chi connectivity index (χ3v) is 7.98. The number of hydrogen-bond donors (Lipinski definition) is 2. The second-order valence-electron chi connectivity index (χ2n) is 11.3. The molecule has 1 fully saturated rings. The quantitative estimate of drug-likeness (QED) is 0.190. The number of carbonyl (C=O) groups is 2. The van der Waals surface area contributed by atoms with Gasteiger partial charge in [-0.3, -0.25) is 14.6 Å². The summed E-state index contributed by atoms with van der Waals surface area (Å²) >= 11 is 0. The van der Waals surface area contributed by atoms with E-state index in [1.54, 1.807) is 6.92 Å². The van der Waals surface area contributed by atoms with Gasteiger partial charge in [0.15, 0.2) is 5.78 Å². The molecule has 0 saturated carbocycles. The summed E-state index contributed by atoms with van der Waals surface area (Å²) in [6.07, 6.45) is -4.52. The second kappa shape index (κ2) is 15.7. The Labute approximate surface area is 262 Å². The van der Waals surface area contributed by atoms with E-state index in [-0.39, 0.29) is 31.1 Å². The zero-order valence-corrected chi connectivity index (χ0v) is 25.0. The number of ether oxygens (including phenoxy) is 2. The van der Waals surface area contributed by atoms with Gasteiger partial charge >= 0.3 is 12.1 Å². The average molecular weight is 652 g/mol. The molecule has 4 atom stereocenters. The molecule has 3 aromatic rings. The van der Waals surface area contributed by atoms with Crippen LogP contribution in [0.3, 0.4) is 0 Å². The molecule has 4 rings (SSSR count). The van der Waals surface area contributed by atoms with Crippen LogP contribution >= 0.6 is 0 Å². The van der Waals surface area contributed by atoms with Crippen LogP contribution in [0.4, 0.5) is 26.3 Å². The lowest BCUT2D eigenvalue weighted by Crippen LogP contribution is -2.53. The Morgan fingerprint density at radius 3 is 2.20 bits per heavy atom. The third-order valence-electron chi connectivity index (χ3n) is 7.98. The normalized spacial score (nSPS) is 19.2. The number of nitrogens with zero attached hydrogens (tertiary/aromatic N) is 1. The maximum absolute atomic E-state index is 15.0. The van der Waals surface area contributed by atoms with E-state index in [1.807, 2.05) is 0 Å². The van der Waals surface area contributed by atoms with E-state index >= 15 is 4.39 Å². The van der Waals surface area contributed by atoms with Crippen LogP contribution in [0, 0.1) is 17.5 Å². The first-order valence-corrected chi connectivity index (χ1v) is 14.8. The zero-order chi connectivity index (χ0) is 33.4. The van der Waals surface area contributed by atoms with E-state index in [0.717, 1.165) is 6.20 Å². The highest BCUT2D eigenvalue weighted by Crippen LogP contribution is 2.30. The van der Waals surface area contributed by atoms with E-state index in [0.29, 0.717) is 29.7 Å². The predicted molar refractivity (Wildman–Crippen MR) is 156 cm³/mol. The molecule has 1 aliphatic rings. The van der Waals surface area contributed by atoms with Crippen molar-refractivity contribution in [1.29, 1.82) is 0 Å². The Morgan fingerprint density at radius 2 is 1.63 bits per heavy atom. The van der Waals surface area contributed by atoms with Crippen LogP contribution in [-0.2, 0) is 31.9 Å². The van der Waals surface area contributed by atoms with Crippen molar-refractivity contribution in [3.05, 3.63) is 101 Å². The maximum atomic E-state index is 15.0. The molecule has 248 valence electrons.